The first-order valence-corrected chi connectivity index (χ1v) is 8.95. The molecule has 0 unspecified atom stereocenters. The van der Waals surface area contributed by atoms with Crippen molar-refractivity contribution in [3.05, 3.63) is 48.3 Å². The quantitative estimate of drug-likeness (QED) is 0.757. The molecule has 1 saturated heterocycles. The second-order valence-corrected chi connectivity index (χ2v) is 7.62. The lowest BCUT2D eigenvalue weighted by molar-refractivity contribution is 0.256. The summed E-state index contributed by atoms with van der Waals surface area (Å²) in [6.07, 6.45) is 5.05. The number of benzene rings is 1. The molecule has 0 bridgehead atoms. The van der Waals surface area contributed by atoms with E-state index in [1.165, 1.54) is 12.1 Å². The Hall–Kier alpha value is -1.20. The van der Waals surface area contributed by atoms with Crippen molar-refractivity contribution >= 4 is 10.0 Å². The van der Waals surface area contributed by atoms with Crippen molar-refractivity contribution in [3.63, 3.8) is 0 Å². The van der Waals surface area contributed by atoms with Gasteiger partial charge in [0.1, 0.15) is 5.82 Å². The van der Waals surface area contributed by atoms with Crippen LogP contribution in [-0.2, 0) is 16.4 Å². The zero-order chi connectivity index (χ0) is 15.3. The van der Waals surface area contributed by atoms with Crippen LogP contribution >= 0.6 is 0 Å². The van der Waals surface area contributed by atoms with Gasteiger partial charge in [0.05, 0.1) is 5.75 Å². The van der Waals surface area contributed by atoms with E-state index in [0.29, 0.717) is 19.0 Å². The third-order valence-corrected chi connectivity index (χ3v) is 5.71. The van der Waals surface area contributed by atoms with Crippen LogP contribution in [0.25, 0.3) is 0 Å². The summed E-state index contributed by atoms with van der Waals surface area (Å²) in [5, 5.41) is 0. The standard InChI is InChI=1S/C16H22FNO2S/c1-2-11-21(19,20)18-10-4-6-15(13-18)9-8-14-5-3-7-16(17)12-14/h2-3,5,7,12,15H,1,4,6,8-11,13H2/t15-/m1/s1. The number of rotatable bonds is 6. The largest absolute Gasteiger partial charge is 0.217 e. The Labute approximate surface area is 126 Å². The molecule has 5 heteroatoms. The van der Waals surface area contributed by atoms with E-state index >= 15 is 0 Å². The predicted octanol–water partition coefficient (Wildman–Crippen LogP) is 2.99. The molecule has 1 fully saturated rings. The molecule has 0 spiro atoms. The van der Waals surface area contributed by atoms with E-state index in [-0.39, 0.29) is 11.6 Å². The minimum Gasteiger partial charge on any atom is -0.212 e. The van der Waals surface area contributed by atoms with E-state index in [0.717, 1.165) is 31.2 Å². The Balaban J connectivity index is 1.91. The summed E-state index contributed by atoms with van der Waals surface area (Å²) in [6.45, 7) is 4.68. The van der Waals surface area contributed by atoms with Crippen molar-refractivity contribution in [2.24, 2.45) is 5.92 Å². The first-order chi connectivity index (χ1) is 10.0. The van der Waals surface area contributed by atoms with E-state index in [2.05, 4.69) is 6.58 Å². The maximum Gasteiger partial charge on any atom is 0.217 e. The van der Waals surface area contributed by atoms with Gasteiger partial charge in [0.25, 0.3) is 0 Å². The molecule has 1 aromatic carbocycles. The van der Waals surface area contributed by atoms with Gasteiger partial charge < -0.3 is 0 Å². The topological polar surface area (TPSA) is 37.4 Å². The molecule has 1 aliphatic heterocycles. The molecule has 3 nitrogen and oxygen atoms in total. The number of nitrogens with zero attached hydrogens (tertiary/aromatic N) is 1. The summed E-state index contributed by atoms with van der Waals surface area (Å²) in [5.41, 5.74) is 0.973. The number of sulfonamides is 1. The number of piperidine rings is 1. The summed E-state index contributed by atoms with van der Waals surface area (Å²) in [5.74, 6) is 0.136. The fraction of sp³-hybridized carbons (Fsp3) is 0.500. The molecule has 2 rings (SSSR count). The van der Waals surface area contributed by atoms with Crippen molar-refractivity contribution < 1.29 is 12.8 Å². The third kappa shape index (κ3) is 4.64. The molecule has 1 atom stereocenters. The van der Waals surface area contributed by atoms with Crippen LogP contribution in [0.2, 0.25) is 0 Å². The number of hydrogen-bond donors (Lipinski definition) is 0. The van der Waals surface area contributed by atoms with Gasteiger partial charge in [-0.1, -0.05) is 18.2 Å². The van der Waals surface area contributed by atoms with Crippen molar-refractivity contribution in [1.82, 2.24) is 4.31 Å². The number of hydrogen-bond acceptors (Lipinski definition) is 2. The van der Waals surface area contributed by atoms with Crippen LogP contribution in [0.4, 0.5) is 4.39 Å². The molecule has 1 heterocycles. The predicted molar refractivity (Wildman–Crippen MR) is 83.0 cm³/mol. The average molecular weight is 311 g/mol. The smallest absolute Gasteiger partial charge is 0.212 e. The molecule has 0 saturated carbocycles. The highest BCUT2D eigenvalue weighted by Gasteiger charge is 2.27. The van der Waals surface area contributed by atoms with E-state index in [1.54, 1.807) is 16.4 Å². The number of halogens is 1. The Morgan fingerprint density at radius 2 is 2.24 bits per heavy atom. The zero-order valence-corrected chi connectivity index (χ0v) is 13.0. The van der Waals surface area contributed by atoms with Gasteiger partial charge >= 0.3 is 0 Å². The number of aryl methyl sites for hydroxylation is 1. The second kappa shape index (κ2) is 7.18. The molecule has 21 heavy (non-hydrogen) atoms. The summed E-state index contributed by atoms with van der Waals surface area (Å²) < 4.78 is 38.8. The van der Waals surface area contributed by atoms with Crippen LogP contribution in [0.15, 0.2) is 36.9 Å². The lowest BCUT2D eigenvalue weighted by atomic mass is 9.93. The SMILES string of the molecule is C=CCS(=O)(=O)N1CCC[C@H](CCc2cccc(F)c2)C1. The summed E-state index contributed by atoms with van der Waals surface area (Å²) in [7, 11) is -3.20. The molecule has 0 aromatic heterocycles. The van der Waals surface area contributed by atoms with Gasteiger partial charge in [0, 0.05) is 13.1 Å². The first kappa shape index (κ1) is 16.2. The van der Waals surface area contributed by atoms with Crippen LogP contribution < -0.4 is 0 Å². The van der Waals surface area contributed by atoms with Gasteiger partial charge in [0.2, 0.25) is 10.0 Å². The Kier molecular flexibility index (Phi) is 5.53. The van der Waals surface area contributed by atoms with Crippen molar-refractivity contribution in [3.8, 4) is 0 Å². The molecule has 1 aromatic rings. The van der Waals surface area contributed by atoms with Gasteiger partial charge in [-0.05, 0) is 49.3 Å². The van der Waals surface area contributed by atoms with E-state index < -0.39 is 10.0 Å². The monoisotopic (exact) mass is 311 g/mol. The summed E-state index contributed by atoms with van der Waals surface area (Å²) >= 11 is 0. The Morgan fingerprint density at radius 1 is 1.43 bits per heavy atom. The van der Waals surface area contributed by atoms with E-state index in [1.807, 2.05) is 6.07 Å². The Morgan fingerprint density at radius 3 is 2.95 bits per heavy atom. The normalized spacial score (nSPS) is 20.3. The molecule has 1 aliphatic rings. The maximum absolute atomic E-state index is 13.1. The highest BCUT2D eigenvalue weighted by molar-refractivity contribution is 7.89. The lowest BCUT2D eigenvalue weighted by Gasteiger charge is -2.31. The molecule has 116 valence electrons. The molecule has 0 amide bonds. The Bertz CT molecular complexity index is 586. The fourth-order valence-corrected chi connectivity index (χ4v) is 4.19. The van der Waals surface area contributed by atoms with Gasteiger partial charge in [-0.15, -0.1) is 6.58 Å². The molecular weight excluding hydrogens is 289 g/mol. The lowest BCUT2D eigenvalue weighted by Crippen LogP contribution is -2.40. The van der Waals surface area contributed by atoms with Crippen LogP contribution in [0.1, 0.15) is 24.8 Å². The fourth-order valence-electron chi connectivity index (χ4n) is 2.83. The van der Waals surface area contributed by atoms with Crippen molar-refractivity contribution in [2.45, 2.75) is 25.7 Å². The van der Waals surface area contributed by atoms with Crippen LogP contribution in [0.5, 0.6) is 0 Å². The highest BCUT2D eigenvalue weighted by Crippen LogP contribution is 2.23. The van der Waals surface area contributed by atoms with Crippen LogP contribution in [0, 0.1) is 11.7 Å². The van der Waals surface area contributed by atoms with Gasteiger partial charge in [0.15, 0.2) is 0 Å². The van der Waals surface area contributed by atoms with Crippen LogP contribution in [-0.4, -0.2) is 31.6 Å². The summed E-state index contributed by atoms with van der Waals surface area (Å²) in [6, 6.07) is 6.62. The molecule has 0 N–H and O–H groups in total. The van der Waals surface area contributed by atoms with Crippen molar-refractivity contribution in [2.75, 3.05) is 18.8 Å². The van der Waals surface area contributed by atoms with Gasteiger partial charge in [-0.3, -0.25) is 0 Å². The first-order valence-electron chi connectivity index (χ1n) is 7.34. The minimum atomic E-state index is -3.20. The average Bonchev–Trinajstić information content (AvgIpc) is 2.45. The molecule has 0 aliphatic carbocycles. The maximum atomic E-state index is 13.1. The van der Waals surface area contributed by atoms with Crippen molar-refractivity contribution in [1.29, 1.82) is 0 Å². The zero-order valence-electron chi connectivity index (χ0n) is 12.2. The summed E-state index contributed by atoms with van der Waals surface area (Å²) in [4.78, 5) is 0. The molecule has 0 radical (unpaired) electrons. The van der Waals surface area contributed by atoms with E-state index in [4.69, 9.17) is 0 Å². The third-order valence-electron chi connectivity index (χ3n) is 3.93. The van der Waals surface area contributed by atoms with Gasteiger partial charge in [-0.25, -0.2) is 17.1 Å². The highest BCUT2D eigenvalue weighted by atomic mass is 32.2. The second-order valence-electron chi connectivity index (χ2n) is 5.60. The minimum absolute atomic E-state index is 0.00359. The molecular formula is C16H22FNO2S. The van der Waals surface area contributed by atoms with E-state index in [9.17, 15) is 12.8 Å². The van der Waals surface area contributed by atoms with Gasteiger partial charge in [-0.2, -0.15) is 0 Å². The van der Waals surface area contributed by atoms with Crippen LogP contribution in [0.3, 0.4) is 0 Å².